The van der Waals surface area contributed by atoms with Gasteiger partial charge in [0.1, 0.15) is 0 Å². The van der Waals surface area contributed by atoms with Crippen LogP contribution in [0.1, 0.15) is 46.0 Å². The van der Waals surface area contributed by atoms with Gasteiger partial charge in [-0.25, -0.2) is 13.1 Å². The SMILES string of the molecule is CCCS(=O)(=O)NC1CCCC(SCC)C1. The molecule has 16 heavy (non-hydrogen) atoms. The number of sulfonamides is 1. The van der Waals surface area contributed by atoms with Crippen LogP contribution in [-0.4, -0.2) is 31.2 Å². The Hall–Kier alpha value is 0.260. The zero-order chi connectivity index (χ0) is 12.0. The molecule has 0 aromatic carbocycles. The second kappa shape index (κ2) is 6.87. The van der Waals surface area contributed by atoms with Gasteiger partial charge >= 0.3 is 0 Å². The van der Waals surface area contributed by atoms with Gasteiger partial charge in [0, 0.05) is 11.3 Å². The Bertz CT molecular complexity index is 288. The first kappa shape index (κ1) is 14.3. The second-order valence-corrected chi connectivity index (χ2v) is 7.83. The molecule has 1 rings (SSSR count). The molecule has 0 aliphatic heterocycles. The maximum Gasteiger partial charge on any atom is 0.211 e. The third-order valence-corrected chi connectivity index (χ3v) is 5.72. The molecular weight excluding hydrogens is 242 g/mol. The van der Waals surface area contributed by atoms with Crippen molar-refractivity contribution in [2.24, 2.45) is 0 Å². The van der Waals surface area contributed by atoms with E-state index in [0.717, 1.165) is 25.0 Å². The summed E-state index contributed by atoms with van der Waals surface area (Å²) >= 11 is 1.96. The molecule has 0 spiro atoms. The Morgan fingerprint density at radius 2 is 2.06 bits per heavy atom. The van der Waals surface area contributed by atoms with E-state index in [-0.39, 0.29) is 11.8 Å². The highest BCUT2D eigenvalue weighted by atomic mass is 32.2. The molecule has 2 unspecified atom stereocenters. The van der Waals surface area contributed by atoms with Gasteiger partial charge in [-0.1, -0.05) is 20.3 Å². The molecule has 0 radical (unpaired) electrons. The van der Waals surface area contributed by atoms with Crippen LogP contribution in [0.5, 0.6) is 0 Å². The van der Waals surface area contributed by atoms with E-state index in [0.29, 0.717) is 11.7 Å². The minimum Gasteiger partial charge on any atom is -0.212 e. The molecule has 0 aromatic heterocycles. The van der Waals surface area contributed by atoms with Crippen molar-refractivity contribution in [3.05, 3.63) is 0 Å². The van der Waals surface area contributed by atoms with Crippen molar-refractivity contribution < 1.29 is 8.42 Å². The van der Waals surface area contributed by atoms with Gasteiger partial charge in [0.2, 0.25) is 10.0 Å². The van der Waals surface area contributed by atoms with Gasteiger partial charge < -0.3 is 0 Å². The van der Waals surface area contributed by atoms with Crippen LogP contribution in [0.4, 0.5) is 0 Å². The number of rotatable bonds is 6. The molecule has 0 aromatic rings. The lowest BCUT2D eigenvalue weighted by Gasteiger charge is -2.28. The minimum absolute atomic E-state index is 0.175. The first-order chi connectivity index (χ1) is 7.57. The highest BCUT2D eigenvalue weighted by Gasteiger charge is 2.24. The minimum atomic E-state index is -3.03. The third kappa shape index (κ3) is 5.06. The van der Waals surface area contributed by atoms with Crippen LogP contribution >= 0.6 is 11.8 Å². The van der Waals surface area contributed by atoms with Crippen LogP contribution in [0.3, 0.4) is 0 Å². The van der Waals surface area contributed by atoms with Gasteiger partial charge in [0.25, 0.3) is 0 Å². The summed E-state index contributed by atoms with van der Waals surface area (Å²) in [6.07, 6.45) is 5.09. The van der Waals surface area contributed by atoms with E-state index < -0.39 is 10.0 Å². The zero-order valence-electron chi connectivity index (χ0n) is 10.2. The summed E-state index contributed by atoms with van der Waals surface area (Å²) in [4.78, 5) is 0. The second-order valence-electron chi connectivity index (χ2n) is 4.38. The molecule has 1 aliphatic rings. The normalized spacial score (nSPS) is 26.9. The molecule has 1 fully saturated rings. The maximum atomic E-state index is 11.6. The first-order valence-corrected chi connectivity index (χ1v) is 8.89. The van der Waals surface area contributed by atoms with Crippen molar-refractivity contribution in [3.63, 3.8) is 0 Å². The molecule has 1 aliphatic carbocycles. The Kier molecular flexibility index (Phi) is 6.15. The molecule has 0 saturated heterocycles. The van der Waals surface area contributed by atoms with E-state index >= 15 is 0 Å². The summed E-state index contributed by atoms with van der Waals surface area (Å²) in [5.41, 5.74) is 0. The summed E-state index contributed by atoms with van der Waals surface area (Å²) in [5, 5.41) is 0.646. The van der Waals surface area contributed by atoms with Crippen LogP contribution in [0.15, 0.2) is 0 Å². The molecule has 1 saturated carbocycles. The smallest absolute Gasteiger partial charge is 0.211 e. The molecule has 0 amide bonds. The average Bonchev–Trinajstić information content (AvgIpc) is 2.17. The van der Waals surface area contributed by atoms with E-state index in [1.807, 2.05) is 18.7 Å². The fraction of sp³-hybridized carbons (Fsp3) is 1.00. The Labute approximate surface area is 104 Å². The summed E-state index contributed by atoms with van der Waals surface area (Å²) in [5.74, 6) is 1.38. The molecule has 1 N–H and O–H groups in total. The Morgan fingerprint density at radius 3 is 2.69 bits per heavy atom. The number of hydrogen-bond donors (Lipinski definition) is 1. The van der Waals surface area contributed by atoms with Crippen molar-refractivity contribution >= 4 is 21.8 Å². The van der Waals surface area contributed by atoms with E-state index in [2.05, 4.69) is 11.6 Å². The van der Waals surface area contributed by atoms with Crippen molar-refractivity contribution in [1.29, 1.82) is 0 Å². The van der Waals surface area contributed by atoms with Gasteiger partial charge in [0.15, 0.2) is 0 Å². The van der Waals surface area contributed by atoms with Crippen molar-refractivity contribution in [3.8, 4) is 0 Å². The fourth-order valence-electron chi connectivity index (χ4n) is 2.22. The van der Waals surface area contributed by atoms with E-state index in [1.54, 1.807) is 0 Å². The van der Waals surface area contributed by atoms with Crippen LogP contribution in [0, 0.1) is 0 Å². The standard InChI is InChI=1S/C11H23NO2S2/c1-3-8-16(13,14)12-10-6-5-7-11(9-10)15-4-2/h10-12H,3-9H2,1-2H3. The summed E-state index contributed by atoms with van der Waals surface area (Å²) < 4.78 is 26.1. The topological polar surface area (TPSA) is 46.2 Å². The molecular formula is C11H23NO2S2. The molecule has 96 valence electrons. The number of thioether (sulfide) groups is 1. The van der Waals surface area contributed by atoms with Gasteiger partial charge in [-0.05, 0) is 31.4 Å². The van der Waals surface area contributed by atoms with Crippen LogP contribution in [0.2, 0.25) is 0 Å². The van der Waals surface area contributed by atoms with Crippen LogP contribution in [-0.2, 0) is 10.0 Å². The summed E-state index contributed by atoms with van der Waals surface area (Å²) in [7, 11) is -3.03. The first-order valence-electron chi connectivity index (χ1n) is 6.19. The lowest BCUT2D eigenvalue weighted by atomic mass is 9.96. The van der Waals surface area contributed by atoms with Gasteiger partial charge in [-0.3, -0.25) is 0 Å². The largest absolute Gasteiger partial charge is 0.212 e. The monoisotopic (exact) mass is 265 g/mol. The van der Waals surface area contributed by atoms with Gasteiger partial charge in [0.05, 0.1) is 5.75 Å². The predicted octanol–water partition coefficient (Wildman–Crippen LogP) is 2.38. The molecule has 5 heteroatoms. The van der Waals surface area contributed by atoms with Gasteiger partial charge in [-0.15, -0.1) is 0 Å². The van der Waals surface area contributed by atoms with Crippen LogP contribution < -0.4 is 4.72 Å². The Morgan fingerprint density at radius 1 is 1.31 bits per heavy atom. The molecule has 0 bridgehead atoms. The zero-order valence-corrected chi connectivity index (χ0v) is 11.9. The Balaban J connectivity index is 2.42. The third-order valence-electron chi connectivity index (χ3n) is 2.85. The molecule has 3 nitrogen and oxygen atoms in total. The fourth-order valence-corrected chi connectivity index (χ4v) is 4.77. The molecule has 2 atom stereocenters. The van der Waals surface area contributed by atoms with Crippen LogP contribution in [0.25, 0.3) is 0 Å². The van der Waals surface area contributed by atoms with Crippen molar-refractivity contribution in [2.45, 2.75) is 57.2 Å². The summed E-state index contributed by atoms with van der Waals surface area (Å²) in [6, 6.07) is 0.175. The van der Waals surface area contributed by atoms with E-state index in [1.165, 1.54) is 6.42 Å². The predicted molar refractivity (Wildman–Crippen MR) is 71.4 cm³/mol. The quantitative estimate of drug-likeness (QED) is 0.802. The highest BCUT2D eigenvalue weighted by molar-refractivity contribution is 7.99. The number of hydrogen-bond acceptors (Lipinski definition) is 3. The van der Waals surface area contributed by atoms with Crippen molar-refractivity contribution in [2.75, 3.05) is 11.5 Å². The lowest BCUT2D eigenvalue weighted by molar-refractivity contribution is 0.420. The van der Waals surface area contributed by atoms with Gasteiger partial charge in [-0.2, -0.15) is 11.8 Å². The van der Waals surface area contributed by atoms with E-state index in [4.69, 9.17) is 0 Å². The van der Waals surface area contributed by atoms with E-state index in [9.17, 15) is 8.42 Å². The maximum absolute atomic E-state index is 11.6. The van der Waals surface area contributed by atoms with Crippen molar-refractivity contribution in [1.82, 2.24) is 4.72 Å². The molecule has 0 heterocycles. The summed E-state index contributed by atoms with van der Waals surface area (Å²) in [6.45, 7) is 4.06. The number of nitrogens with one attached hydrogen (secondary N) is 1. The lowest BCUT2D eigenvalue weighted by Crippen LogP contribution is -2.40. The highest BCUT2D eigenvalue weighted by Crippen LogP contribution is 2.28. The average molecular weight is 265 g/mol.